The first-order chi connectivity index (χ1) is 11.6. The first kappa shape index (κ1) is 14.8. The van der Waals surface area contributed by atoms with Crippen LogP contribution in [-0.2, 0) is 9.59 Å². The fourth-order valence-electron chi connectivity index (χ4n) is 3.88. The third-order valence-electron chi connectivity index (χ3n) is 5.03. The third-order valence-corrected chi connectivity index (χ3v) is 5.03. The predicted octanol–water partition coefficient (Wildman–Crippen LogP) is 2.64. The maximum Gasteiger partial charge on any atom is 0.261 e. The molecule has 0 N–H and O–H groups in total. The van der Waals surface area contributed by atoms with Crippen molar-refractivity contribution in [2.45, 2.75) is 13.0 Å². The zero-order valence-corrected chi connectivity index (χ0v) is 13.6. The van der Waals surface area contributed by atoms with E-state index in [1.807, 2.05) is 49.4 Å². The van der Waals surface area contributed by atoms with Crippen LogP contribution in [0.5, 0.6) is 0 Å². The van der Waals surface area contributed by atoms with Crippen LogP contribution in [-0.4, -0.2) is 35.5 Å². The van der Waals surface area contributed by atoms with Gasteiger partial charge in [0.25, 0.3) is 11.8 Å². The van der Waals surface area contributed by atoms with Crippen molar-refractivity contribution in [2.24, 2.45) is 16.8 Å². The SMILES string of the molecule is CC1=NC2C=CC=CC2C1C1=C(c2ccccc2)C(=O)N(C)C1=O. The second-order valence-corrected chi connectivity index (χ2v) is 6.41. The number of carbonyl (C=O) groups excluding carboxylic acids is 2. The molecule has 4 nitrogen and oxygen atoms in total. The largest absolute Gasteiger partial charge is 0.286 e. The Morgan fingerprint density at radius 3 is 2.46 bits per heavy atom. The smallest absolute Gasteiger partial charge is 0.261 e. The van der Waals surface area contributed by atoms with Gasteiger partial charge >= 0.3 is 0 Å². The van der Waals surface area contributed by atoms with Gasteiger partial charge in [-0.05, 0) is 12.5 Å². The number of fused-ring (bicyclic) bond motifs is 1. The zero-order chi connectivity index (χ0) is 16.8. The molecule has 120 valence electrons. The lowest BCUT2D eigenvalue weighted by molar-refractivity contribution is -0.135. The maximum atomic E-state index is 12.9. The van der Waals surface area contributed by atoms with Gasteiger partial charge in [-0.15, -0.1) is 0 Å². The van der Waals surface area contributed by atoms with E-state index >= 15 is 0 Å². The standard InChI is InChI=1S/C20H18N2O2/c1-12-16(14-10-6-7-11-15(14)21-12)18-17(13-8-4-3-5-9-13)19(23)22(2)20(18)24/h3-11,14-16H,1-2H3. The molecule has 4 heteroatoms. The number of nitrogens with zero attached hydrogens (tertiary/aromatic N) is 2. The minimum Gasteiger partial charge on any atom is -0.286 e. The molecular formula is C20H18N2O2. The number of hydrogen-bond acceptors (Lipinski definition) is 3. The van der Waals surface area contributed by atoms with Crippen LogP contribution in [0.4, 0.5) is 0 Å². The fourth-order valence-corrected chi connectivity index (χ4v) is 3.88. The van der Waals surface area contributed by atoms with E-state index in [2.05, 4.69) is 12.2 Å². The molecule has 2 aliphatic heterocycles. The Labute approximate surface area is 140 Å². The molecule has 0 aromatic heterocycles. The molecule has 3 atom stereocenters. The Bertz CT molecular complexity index is 846. The highest BCUT2D eigenvalue weighted by Gasteiger charge is 2.46. The summed E-state index contributed by atoms with van der Waals surface area (Å²) in [5.74, 6) is -0.477. The van der Waals surface area contributed by atoms with Crippen LogP contribution in [0.1, 0.15) is 12.5 Å². The highest BCUT2D eigenvalue weighted by atomic mass is 16.2. The summed E-state index contributed by atoms with van der Waals surface area (Å²) in [5.41, 5.74) is 2.82. The van der Waals surface area contributed by atoms with Gasteiger partial charge in [-0.25, -0.2) is 0 Å². The van der Waals surface area contributed by atoms with Crippen LogP contribution >= 0.6 is 0 Å². The Balaban J connectivity index is 1.90. The molecule has 2 amide bonds. The van der Waals surface area contributed by atoms with Gasteiger partial charge in [-0.2, -0.15) is 0 Å². The van der Waals surface area contributed by atoms with Crippen molar-refractivity contribution in [2.75, 3.05) is 7.05 Å². The lowest BCUT2D eigenvalue weighted by Gasteiger charge is -2.23. The van der Waals surface area contributed by atoms with E-state index in [9.17, 15) is 9.59 Å². The number of amides is 2. The average Bonchev–Trinajstić information content (AvgIpc) is 3.04. The molecule has 24 heavy (non-hydrogen) atoms. The summed E-state index contributed by atoms with van der Waals surface area (Å²) >= 11 is 0. The van der Waals surface area contributed by atoms with Gasteiger partial charge in [-0.1, -0.05) is 54.6 Å². The van der Waals surface area contributed by atoms with E-state index in [4.69, 9.17) is 4.99 Å². The zero-order valence-electron chi connectivity index (χ0n) is 13.6. The normalized spacial score (nSPS) is 28.7. The van der Waals surface area contributed by atoms with Crippen LogP contribution < -0.4 is 0 Å². The molecular weight excluding hydrogens is 300 g/mol. The number of allylic oxidation sites excluding steroid dienone is 2. The van der Waals surface area contributed by atoms with Crippen molar-refractivity contribution in [3.05, 3.63) is 65.8 Å². The van der Waals surface area contributed by atoms with Gasteiger partial charge in [0.2, 0.25) is 0 Å². The number of benzene rings is 1. The lowest BCUT2D eigenvalue weighted by atomic mass is 9.78. The van der Waals surface area contributed by atoms with Gasteiger partial charge in [-0.3, -0.25) is 19.5 Å². The highest BCUT2D eigenvalue weighted by Crippen LogP contribution is 2.42. The summed E-state index contributed by atoms with van der Waals surface area (Å²) in [7, 11) is 1.55. The van der Waals surface area contributed by atoms with Crippen molar-refractivity contribution in [1.82, 2.24) is 4.90 Å². The third kappa shape index (κ3) is 2.03. The Kier molecular flexibility index (Phi) is 3.34. The molecule has 3 aliphatic rings. The molecule has 2 heterocycles. The van der Waals surface area contributed by atoms with Crippen molar-refractivity contribution >= 4 is 23.1 Å². The van der Waals surface area contributed by atoms with E-state index in [0.717, 1.165) is 11.3 Å². The van der Waals surface area contributed by atoms with Crippen molar-refractivity contribution in [1.29, 1.82) is 0 Å². The number of hydrogen-bond donors (Lipinski definition) is 0. The van der Waals surface area contributed by atoms with Crippen molar-refractivity contribution in [3.63, 3.8) is 0 Å². The quantitative estimate of drug-likeness (QED) is 0.787. The Morgan fingerprint density at radius 2 is 1.71 bits per heavy atom. The van der Waals surface area contributed by atoms with Gasteiger partial charge in [0.05, 0.1) is 11.6 Å². The molecule has 1 aromatic rings. The molecule has 0 saturated heterocycles. The molecule has 1 aliphatic carbocycles. The molecule has 0 spiro atoms. The molecule has 4 rings (SSSR count). The summed E-state index contributed by atoms with van der Waals surface area (Å²) in [5, 5.41) is 0. The molecule has 0 saturated carbocycles. The van der Waals surface area contributed by atoms with Crippen molar-refractivity contribution < 1.29 is 9.59 Å². The van der Waals surface area contributed by atoms with Gasteiger partial charge in [0.15, 0.2) is 0 Å². The van der Waals surface area contributed by atoms with E-state index in [0.29, 0.717) is 11.1 Å². The van der Waals surface area contributed by atoms with Gasteiger partial charge in [0, 0.05) is 30.2 Å². The average molecular weight is 318 g/mol. The van der Waals surface area contributed by atoms with E-state index in [1.54, 1.807) is 7.05 Å². The number of carbonyl (C=O) groups is 2. The van der Waals surface area contributed by atoms with Crippen LogP contribution in [0.2, 0.25) is 0 Å². The molecule has 0 bridgehead atoms. The number of likely N-dealkylation sites (N-methyl/N-ethyl adjacent to an activating group) is 1. The summed E-state index contributed by atoms with van der Waals surface area (Å²) in [4.78, 5) is 31.5. The highest BCUT2D eigenvalue weighted by molar-refractivity contribution is 6.36. The molecule has 3 unspecified atom stereocenters. The number of imide groups is 1. The second kappa shape index (κ2) is 5.41. The van der Waals surface area contributed by atoms with Crippen molar-refractivity contribution in [3.8, 4) is 0 Å². The number of rotatable bonds is 2. The summed E-state index contributed by atoms with van der Waals surface area (Å²) in [6, 6.07) is 9.50. The molecule has 0 radical (unpaired) electrons. The Morgan fingerprint density at radius 1 is 1.00 bits per heavy atom. The van der Waals surface area contributed by atoms with E-state index < -0.39 is 0 Å². The summed E-state index contributed by atoms with van der Waals surface area (Å²) in [6.45, 7) is 1.95. The molecule has 1 aromatic carbocycles. The van der Waals surface area contributed by atoms with E-state index in [1.165, 1.54) is 4.90 Å². The second-order valence-electron chi connectivity index (χ2n) is 6.41. The fraction of sp³-hybridized carbons (Fsp3) is 0.250. The maximum absolute atomic E-state index is 12.9. The Hall–Kier alpha value is -2.75. The topological polar surface area (TPSA) is 49.7 Å². The first-order valence-corrected chi connectivity index (χ1v) is 8.11. The lowest BCUT2D eigenvalue weighted by Crippen LogP contribution is -2.31. The van der Waals surface area contributed by atoms with Crippen LogP contribution in [0.15, 0.2) is 65.2 Å². The summed E-state index contributed by atoms with van der Waals surface area (Å²) in [6.07, 6.45) is 8.14. The predicted molar refractivity (Wildman–Crippen MR) is 93.3 cm³/mol. The van der Waals surface area contributed by atoms with E-state index in [-0.39, 0.29) is 29.7 Å². The van der Waals surface area contributed by atoms with Crippen LogP contribution in [0, 0.1) is 11.8 Å². The first-order valence-electron chi connectivity index (χ1n) is 8.11. The van der Waals surface area contributed by atoms with Gasteiger partial charge < -0.3 is 0 Å². The summed E-state index contributed by atoms with van der Waals surface area (Å²) < 4.78 is 0. The molecule has 0 fully saturated rings. The minimum atomic E-state index is -0.229. The van der Waals surface area contributed by atoms with Crippen LogP contribution in [0.25, 0.3) is 5.57 Å². The monoisotopic (exact) mass is 318 g/mol. The van der Waals surface area contributed by atoms with Crippen LogP contribution in [0.3, 0.4) is 0 Å². The van der Waals surface area contributed by atoms with Gasteiger partial charge in [0.1, 0.15) is 0 Å². The number of aliphatic imine (C=N–C) groups is 1. The minimum absolute atomic E-state index is 0.0540.